The van der Waals surface area contributed by atoms with E-state index in [9.17, 15) is 14.4 Å². The largest absolute Gasteiger partial charge is 0.458 e. The molecule has 11 heteroatoms. The molecular weight excluding hydrogens is 575 g/mol. The third kappa shape index (κ3) is 15.0. The number of rotatable bonds is 13. The van der Waals surface area contributed by atoms with Crippen molar-refractivity contribution in [1.29, 1.82) is 0 Å². The number of ether oxygens (including phenoxy) is 2. The van der Waals surface area contributed by atoms with Gasteiger partial charge in [-0.25, -0.2) is 14.3 Å². The summed E-state index contributed by atoms with van der Waals surface area (Å²) in [5.41, 5.74) is -1.01. The Balaban J connectivity index is 3.05. The molecular formula is C31H53N2O7PS. The number of nitrogens with one attached hydrogen (secondary N) is 1. The minimum absolute atomic E-state index is 0.127. The first-order valence-corrected chi connectivity index (χ1v) is 16.6. The summed E-state index contributed by atoms with van der Waals surface area (Å²) in [7, 11) is -1.45. The van der Waals surface area contributed by atoms with Gasteiger partial charge in [0.1, 0.15) is 23.0 Å². The van der Waals surface area contributed by atoms with E-state index in [-0.39, 0.29) is 23.6 Å². The summed E-state index contributed by atoms with van der Waals surface area (Å²) >= 11 is 1.28. The van der Waals surface area contributed by atoms with Gasteiger partial charge >= 0.3 is 20.6 Å². The van der Waals surface area contributed by atoms with Crippen LogP contribution in [0.3, 0.4) is 0 Å². The highest BCUT2D eigenvalue weighted by atomic mass is 32.2. The van der Waals surface area contributed by atoms with E-state index in [2.05, 4.69) is 37.7 Å². The molecule has 2 atom stereocenters. The summed E-state index contributed by atoms with van der Waals surface area (Å²) < 4.78 is 25.7. The lowest BCUT2D eigenvalue weighted by atomic mass is 10.00. The van der Waals surface area contributed by atoms with Crippen LogP contribution in [0.2, 0.25) is 0 Å². The van der Waals surface area contributed by atoms with Crippen LogP contribution in [0.1, 0.15) is 95.6 Å². The fourth-order valence-corrected chi connectivity index (χ4v) is 6.10. The van der Waals surface area contributed by atoms with Crippen LogP contribution in [0.25, 0.3) is 0 Å². The molecule has 1 aromatic rings. The maximum atomic E-state index is 12.9. The minimum Gasteiger partial charge on any atom is -0.458 e. The molecule has 1 aromatic carbocycles. The second-order valence-electron chi connectivity index (χ2n) is 13.7. The molecule has 1 rings (SSSR count). The molecule has 0 aromatic heterocycles. The molecule has 0 aliphatic carbocycles. The van der Waals surface area contributed by atoms with Crippen molar-refractivity contribution in [2.45, 2.75) is 126 Å². The first-order chi connectivity index (χ1) is 19.1. The van der Waals surface area contributed by atoms with Gasteiger partial charge in [0, 0.05) is 29.7 Å². The second-order valence-corrected chi connectivity index (χ2v) is 16.1. The molecule has 1 unspecified atom stereocenters. The van der Waals surface area contributed by atoms with Crippen LogP contribution in [-0.2, 0) is 30.0 Å². The number of thioether (sulfide) groups is 1. The molecule has 240 valence electrons. The van der Waals surface area contributed by atoms with Gasteiger partial charge in [0.25, 0.3) is 0 Å². The van der Waals surface area contributed by atoms with Crippen LogP contribution in [0, 0.1) is 5.41 Å². The van der Waals surface area contributed by atoms with E-state index >= 15 is 0 Å². The number of esters is 1. The first kappa shape index (κ1) is 38.2. The summed E-state index contributed by atoms with van der Waals surface area (Å²) in [6.07, 6.45) is -0.478. The van der Waals surface area contributed by atoms with Crippen LogP contribution in [0.5, 0.6) is 5.75 Å². The monoisotopic (exact) mass is 628 g/mol. The lowest BCUT2D eigenvalue weighted by Crippen LogP contribution is -2.47. The van der Waals surface area contributed by atoms with Gasteiger partial charge in [-0.3, -0.25) is 4.79 Å². The number of carbonyl (C=O) groups is 3. The van der Waals surface area contributed by atoms with E-state index in [1.807, 2.05) is 45.0 Å². The lowest BCUT2D eigenvalue weighted by molar-refractivity contribution is -0.157. The highest BCUT2D eigenvalue weighted by Gasteiger charge is 2.31. The minimum atomic E-state index is -1.45. The van der Waals surface area contributed by atoms with Crippen molar-refractivity contribution in [2.75, 3.05) is 12.4 Å². The van der Waals surface area contributed by atoms with Gasteiger partial charge in [0.15, 0.2) is 5.12 Å². The molecule has 1 N–H and O–H groups in total. The van der Waals surface area contributed by atoms with Crippen molar-refractivity contribution >= 4 is 37.5 Å². The van der Waals surface area contributed by atoms with E-state index in [1.54, 1.807) is 41.5 Å². The Labute approximate surface area is 259 Å². The maximum Gasteiger partial charge on any atom is 0.408 e. The molecule has 0 aliphatic heterocycles. The molecule has 0 fully saturated rings. The van der Waals surface area contributed by atoms with Gasteiger partial charge in [-0.2, -0.15) is 0 Å². The number of hydrogen-bond acceptors (Lipinski definition) is 9. The van der Waals surface area contributed by atoms with E-state index in [0.29, 0.717) is 18.1 Å². The summed E-state index contributed by atoms with van der Waals surface area (Å²) in [4.78, 5) is 37.7. The van der Waals surface area contributed by atoms with Crippen molar-refractivity contribution in [1.82, 2.24) is 9.99 Å². The van der Waals surface area contributed by atoms with Crippen molar-refractivity contribution < 1.29 is 32.9 Å². The number of nitrogens with zero attached hydrogens (tertiary/aromatic N) is 1. The number of carbonyl (C=O) groups excluding carboxylic acids is 3. The van der Waals surface area contributed by atoms with E-state index < -0.39 is 43.2 Å². The summed E-state index contributed by atoms with van der Waals surface area (Å²) in [5, 5.41) is 2.79. The molecule has 9 nitrogen and oxygen atoms in total. The van der Waals surface area contributed by atoms with Crippen molar-refractivity contribution in [2.24, 2.45) is 5.41 Å². The van der Waals surface area contributed by atoms with Crippen LogP contribution in [0.15, 0.2) is 24.3 Å². The Morgan fingerprint density at radius 3 is 1.83 bits per heavy atom. The lowest BCUT2D eigenvalue weighted by Gasteiger charge is -2.35. The summed E-state index contributed by atoms with van der Waals surface area (Å²) in [6.45, 7) is 25.1. The van der Waals surface area contributed by atoms with E-state index in [1.165, 1.54) is 11.8 Å². The Morgan fingerprint density at radius 1 is 0.857 bits per heavy atom. The van der Waals surface area contributed by atoms with Crippen LogP contribution >= 0.6 is 20.3 Å². The predicted molar refractivity (Wildman–Crippen MR) is 172 cm³/mol. The average molecular weight is 629 g/mol. The Bertz CT molecular complexity index is 1000. The average Bonchev–Trinajstić information content (AvgIpc) is 2.78. The second kappa shape index (κ2) is 16.3. The zero-order valence-corrected chi connectivity index (χ0v) is 29.5. The normalized spacial score (nSPS) is 14.1. The smallest absolute Gasteiger partial charge is 0.408 e. The number of benzene rings is 1. The molecule has 0 saturated carbocycles. The standard InChI is InChI=1S/C31H53N2O7PS/c1-21(2)33(22(3)4)41(37-18-19-42-27(35)29(5,6)7)40-24-16-14-23(15-17-24)20-25(26(34)38-30(8,9)10)32-28(36)39-31(11,12)13/h14-17,21-22,25H,18-20H2,1-13H3,(H,32,36)/t25-,41?/m0/s1. The SMILES string of the molecule is CC(C)N(C(C)C)P(OCCSC(=O)C(C)(C)C)Oc1ccc(C[C@H](NC(=O)OC(C)(C)C)C(=O)OC(C)(C)C)cc1. The Morgan fingerprint density at radius 2 is 1.38 bits per heavy atom. The first-order valence-electron chi connectivity index (χ1n) is 14.5. The number of alkyl carbamates (subject to hydrolysis) is 1. The topological polar surface area (TPSA) is 103 Å². The predicted octanol–water partition coefficient (Wildman–Crippen LogP) is 7.51. The van der Waals surface area contributed by atoms with E-state index in [4.69, 9.17) is 18.5 Å². The summed E-state index contributed by atoms with van der Waals surface area (Å²) in [5.74, 6) is 0.610. The van der Waals surface area contributed by atoms with Crippen LogP contribution < -0.4 is 9.84 Å². The molecule has 1 amide bonds. The highest BCUT2D eigenvalue weighted by molar-refractivity contribution is 8.13. The third-order valence-electron chi connectivity index (χ3n) is 5.31. The van der Waals surface area contributed by atoms with Gasteiger partial charge in [-0.1, -0.05) is 44.7 Å². The molecule has 0 heterocycles. The zero-order valence-electron chi connectivity index (χ0n) is 27.8. The van der Waals surface area contributed by atoms with Crippen molar-refractivity contribution in [3.05, 3.63) is 29.8 Å². The highest BCUT2D eigenvalue weighted by Crippen LogP contribution is 2.46. The van der Waals surface area contributed by atoms with Gasteiger partial charge in [-0.05, 0) is 86.9 Å². The number of hydrogen-bond donors (Lipinski definition) is 1. The van der Waals surface area contributed by atoms with Gasteiger partial charge in [0.05, 0.1) is 6.61 Å². The number of amides is 1. The molecule has 0 saturated heterocycles. The van der Waals surface area contributed by atoms with Gasteiger partial charge in [-0.15, -0.1) is 0 Å². The molecule has 0 radical (unpaired) electrons. The van der Waals surface area contributed by atoms with Crippen molar-refractivity contribution in [3.63, 3.8) is 0 Å². The van der Waals surface area contributed by atoms with Gasteiger partial charge in [0.2, 0.25) is 0 Å². The molecule has 0 bridgehead atoms. The zero-order chi connectivity index (χ0) is 32.5. The fraction of sp³-hybridized carbons (Fsp3) is 0.710. The van der Waals surface area contributed by atoms with Gasteiger partial charge < -0.3 is 23.8 Å². The Hall–Kier alpha value is -1.87. The fourth-order valence-electron chi connectivity index (χ4n) is 3.61. The molecule has 0 spiro atoms. The third-order valence-corrected chi connectivity index (χ3v) is 8.62. The van der Waals surface area contributed by atoms with Crippen LogP contribution in [-0.4, -0.2) is 63.5 Å². The Kier molecular flexibility index (Phi) is 14.8. The summed E-state index contributed by atoms with van der Waals surface area (Å²) in [6, 6.07) is 6.76. The van der Waals surface area contributed by atoms with E-state index in [0.717, 1.165) is 5.56 Å². The molecule has 42 heavy (non-hydrogen) atoms. The maximum absolute atomic E-state index is 12.9. The quantitative estimate of drug-likeness (QED) is 0.135. The van der Waals surface area contributed by atoms with Crippen molar-refractivity contribution in [3.8, 4) is 5.75 Å². The molecule has 0 aliphatic rings. The van der Waals surface area contributed by atoms with Crippen LogP contribution in [0.4, 0.5) is 4.79 Å².